The van der Waals surface area contributed by atoms with E-state index in [2.05, 4.69) is 46.5 Å². The first-order chi connectivity index (χ1) is 18.0. The van der Waals surface area contributed by atoms with E-state index in [9.17, 15) is 4.79 Å². The average molecular weight is 489 g/mol. The van der Waals surface area contributed by atoms with Gasteiger partial charge < -0.3 is 10.3 Å². The van der Waals surface area contributed by atoms with Crippen molar-refractivity contribution in [3.63, 3.8) is 0 Å². The molecule has 0 saturated carbocycles. The van der Waals surface area contributed by atoms with Crippen LogP contribution < -0.4 is 5.32 Å². The van der Waals surface area contributed by atoms with Gasteiger partial charge in [-0.1, -0.05) is 13.8 Å². The zero-order valence-corrected chi connectivity index (χ0v) is 20.4. The number of rotatable bonds is 6. The first-order valence-electron chi connectivity index (χ1n) is 12.0. The molecule has 6 aromatic rings. The van der Waals surface area contributed by atoms with E-state index in [0.29, 0.717) is 12.1 Å². The van der Waals surface area contributed by atoms with Crippen LogP contribution in [-0.2, 0) is 4.79 Å². The van der Waals surface area contributed by atoms with Crippen LogP contribution in [0.1, 0.15) is 20.3 Å². The van der Waals surface area contributed by atoms with Gasteiger partial charge >= 0.3 is 0 Å². The van der Waals surface area contributed by atoms with Crippen LogP contribution in [0.25, 0.3) is 55.7 Å². The van der Waals surface area contributed by atoms with Crippen molar-refractivity contribution in [3.8, 4) is 33.9 Å². The van der Waals surface area contributed by atoms with E-state index in [-0.39, 0.29) is 11.8 Å². The van der Waals surface area contributed by atoms with Crippen LogP contribution in [0, 0.1) is 5.92 Å². The first-order valence-corrected chi connectivity index (χ1v) is 12.0. The summed E-state index contributed by atoms with van der Waals surface area (Å²) < 4.78 is 0. The van der Waals surface area contributed by atoms with E-state index in [1.54, 1.807) is 37.2 Å². The Balaban J connectivity index is 1.38. The van der Waals surface area contributed by atoms with Gasteiger partial charge in [0.15, 0.2) is 0 Å². The summed E-state index contributed by atoms with van der Waals surface area (Å²) in [4.78, 5) is 33.3. The number of nitrogens with zero attached hydrogens (tertiary/aromatic N) is 5. The van der Waals surface area contributed by atoms with Gasteiger partial charge in [0, 0.05) is 58.6 Å². The monoisotopic (exact) mass is 488 g/mol. The molecular weight excluding hydrogens is 464 g/mol. The predicted octanol–water partition coefficient (Wildman–Crippen LogP) is 5.61. The van der Waals surface area contributed by atoms with E-state index in [4.69, 9.17) is 0 Å². The highest BCUT2D eigenvalue weighted by atomic mass is 16.1. The number of fused-ring (bicyclic) bond motifs is 2. The number of aromatic nitrogens is 7. The SMILES string of the molecule is CC(C)CC(=O)Nc1cncc(-c2cc3c(-c4cc5c(-c6ccncc6)nccc5[nH]4)n[nH]c3cn2)c1. The number of nitrogens with one attached hydrogen (secondary N) is 3. The fraction of sp³-hybridized carbons (Fsp3) is 0.143. The summed E-state index contributed by atoms with van der Waals surface area (Å²) in [6, 6.07) is 11.8. The Bertz CT molecular complexity index is 1740. The van der Waals surface area contributed by atoms with Crippen molar-refractivity contribution in [2.24, 2.45) is 5.92 Å². The topological polar surface area (TPSA) is 125 Å². The summed E-state index contributed by atoms with van der Waals surface area (Å²) in [5.74, 6) is 0.245. The molecule has 0 fully saturated rings. The van der Waals surface area contributed by atoms with Gasteiger partial charge in [0.25, 0.3) is 0 Å². The van der Waals surface area contributed by atoms with Crippen LogP contribution in [0.15, 0.2) is 73.6 Å². The standard InChI is InChI=1S/C28H24N8O/c1-16(2)9-26(37)33-19-10-18(13-30-14-19)23-11-21-25(15-32-23)35-36-28(21)24-12-20-22(34-24)5-8-31-27(20)17-3-6-29-7-4-17/h3-8,10-16,34H,9H2,1-2H3,(H,33,37)(H,35,36). The minimum Gasteiger partial charge on any atom is -0.353 e. The molecular formula is C28H24N8O. The number of aromatic amines is 2. The maximum absolute atomic E-state index is 12.2. The molecule has 0 aromatic carbocycles. The summed E-state index contributed by atoms with van der Waals surface area (Å²) in [6.07, 6.45) is 10.9. The molecule has 0 bridgehead atoms. The van der Waals surface area contributed by atoms with Gasteiger partial charge in [-0.3, -0.25) is 29.8 Å². The fourth-order valence-electron chi connectivity index (χ4n) is 4.43. The number of hydrogen-bond donors (Lipinski definition) is 3. The molecule has 0 saturated heterocycles. The Morgan fingerprint density at radius 2 is 1.70 bits per heavy atom. The van der Waals surface area contributed by atoms with Gasteiger partial charge in [-0.15, -0.1) is 0 Å². The Hall–Kier alpha value is -4.92. The van der Waals surface area contributed by atoms with Crippen molar-refractivity contribution in [1.82, 2.24) is 35.1 Å². The highest BCUT2D eigenvalue weighted by Gasteiger charge is 2.16. The number of H-pyrrole nitrogens is 2. The molecule has 6 rings (SSSR count). The van der Waals surface area contributed by atoms with E-state index in [1.807, 2.05) is 44.2 Å². The lowest BCUT2D eigenvalue weighted by Crippen LogP contribution is -2.13. The molecule has 0 aliphatic rings. The maximum atomic E-state index is 12.2. The quantitative estimate of drug-likeness (QED) is 0.280. The van der Waals surface area contributed by atoms with Gasteiger partial charge in [-0.25, -0.2) is 0 Å². The van der Waals surface area contributed by atoms with Crippen molar-refractivity contribution in [3.05, 3.63) is 73.6 Å². The Morgan fingerprint density at radius 3 is 2.54 bits per heavy atom. The molecule has 0 unspecified atom stereocenters. The van der Waals surface area contributed by atoms with E-state index in [0.717, 1.165) is 55.7 Å². The smallest absolute Gasteiger partial charge is 0.224 e. The van der Waals surface area contributed by atoms with Gasteiger partial charge in [0.1, 0.15) is 5.69 Å². The van der Waals surface area contributed by atoms with E-state index in [1.165, 1.54) is 0 Å². The molecule has 9 nitrogen and oxygen atoms in total. The summed E-state index contributed by atoms with van der Waals surface area (Å²) in [5, 5.41) is 12.5. The summed E-state index contributed by atoms with van der Waals surface area (Å²) in [6.45, 7) is 4.03. The van der Waals surface area contributed by atoms with Crippen molar-refractivity contribution in [1.29, 1.82) is 0 Å². The highest BCUT2D eigenvalue weighted by Crippen LogP contribution is 2.33. The Labute approximate surface area is 212 Å². The molecule has 0 aliphatic carbocycles. The second-order valence-electron chi connectivity index (χ2n) is 9.34. The molecule has 9 heteroatoms. The average Bonchev–Trinajstić information content (AvgIpc) is 3.52. The molecule has 6 heterocycles. The number of carbonyl (C=O) groups is 1. The molecule has 3 N–H and O–H groups in total. The minimum atomic E-state index is -0.0334. The van der Waals surface area contributed by atoms with Crippen LogP contribution >= 0.6 is 0 Å². The lowest BCUT2D eigenvalue weighted by molar-refractivity contribution is -0.116. The zero-order valence-electron chi connectivity index (χ0n) is 20.4. The summed E-state index contributed by atoms with van der Waals surface area (Å²) in [7, 11) is 0. The molecule has 37 heavy (non-hydrogen) atoms. The number of carbonyl (C=O) groups excluding carboxylic acids is 1. The second kappa shape index (κ2) is 9.27. The van der Waals surface area contributed by atoms with Crippen LogP contribution in [0.4, 0.5) is 5.69 Å². The lowest BCUT2D eigenvalue weighted by atomic mass is 10.1. The fourth-order valence-corrected chi connectivity index (χ4v) is 4.43. The molecule has 6 aromatic heterocycles. The first kappa shape index (κ1) is 22.5. The van der Waals surface area contributed by atoms with E-state index < -0.39 is 0 Å². The Morgan fingerprint density at radius 1 is 0.865 bits per heavy atom. The van der Waals surface area contributed by atoms with Gasteiger partial charge in [-0.2, -0.15) is 5.10 Å². The van der Waals surface area contributed by atoms with Crippen molar-refractivity contribution >= 4 is 33.4 Å². The molecule has 0 aliphatic heterocycles. The third kappa shape index (κ3) is 4.42. The number of hydrogen-bond acceptors (Lipinski definition) is 6. The van der Waals surface area contributed by atoms with E-state index >= 15 is 0 Å². The van der Waals surface area contributed by atoms with Gasteiger partial charge in [-0.05, 0) is 42.3 Å². The molecule has 1 amide bonds. The van der Waals surface area contributed by atoms with Crippen LogP contribution in [-0.4, -0.2) is 41.0 Å². The van der Waals surface area contributed by atoms with Crippen LogP contribution in [0.3, 0.4) is 0 Å². The Kier molecular flexibility index (Phi) is 5.65. The largest absolute Gasteiger partial charge is 0.353 e. The third-order valence-corrected chi connectivity index (χ3v) is 6.12. The maximum Gasteiger partial charge on any atom is 0.224 e. The third-order valence-electron chi connectivity index (χ3n) is 6.12. The molecule has 182 valence electrons. The van der Waals surface area contributed by atoms with Crippen LogP contribution in [0.5, 0.6) is 0 Å². The lowest BCUT2D eigenvalue weighted by Gasteiger charge is -2.08. The van der Waals surface area contributed by atoms with Crippen molar-refractivity contribution in [2.45, 2.75) is 20.3 Å². The zero-order chi connectivity index (χ0) is 25.4. The number of amides is 1. The number of anilines is 1. The second-order valence-corrected chi connectivity index (χ2v) is 9.34. The minimum absolute atomic E-state index is 0.0334. The molecule has 0 atom stereocenters. The van der Waals surface area contributed by atoms with Crippen molar-refractivity contribution < 1.29 is 4.79 Å². The number of pyridine rings is 4. The molecule has 0 radical (unpaired) electrons. The normalized spacial score (nSPS) is 11.4. The summed E-state index contributed by atoms with van der Waals surface area (Å²) >= 11 is 0. The van der Waals surface area contributed by atoms with Crippen molar-refractivity contribution in [2.75, 3.05) is 5.32 Å². The molecule has 0 spiro atoms. The highest BCUT2D eigenvalue weighted by molar-refractivity contribution is 6.00. The van der Waals surface area contributed by atoms with Crippen LogP contribution in [0.2, 0.25) is 0 Å². The summed E-state index contributed by atoms with van der Waals surface area (Å²) in [5.41, 5.74) is 7.50. The predicted molar refractivity (Wildman–Crippen MR) is 144 cm³/mol. The van der Waals surface area contributed by atoms with Gasteiger partial charge in [0.2, 0.25) is 5.91 Å². The van der Waals surface area contributed by atoms with Gasteiger partial charge in [0.05, 0.1) is 40.7 Å².